The normalized spacial score (nSPS) is 14.6. The van der Waals surface area contributed by atoms with Crippen LogP contribution in [0, 0.1) is 5.82 Å². The summed E-state index contributed by atoms with van der Waals surface area (Å²) in [4.78, 5) is 28.0. The number of H-pyrrole nitrogens is 1. The van der Waals surface area contributed by atoms with E-state index < -0.39 is 29.1 Å². The number of ether oxygens (including phenoxy) is 1. The number of benzene rings is 2. The molecule has 5 rings (SSSR count). The van der Waals surface area contributed by atoms with Gasteiger partial charge >= 0.3 is 12.1 Å². The predicted molar refractivity (Wildman–Crippen MR) is 130 cm³/mol. The molecule has 0 unspecified atom stereocenters. The molecule has 0 saturated heterocycles. The highest BCUT2D eigenvalue weighted by Gasteiger charge is 2.30. The van der Waals surface area contributed by atoms with Gasteiger partial charge in [0.1, 0.15) is 12.3 Å². The van der Waals surface area contributed by atoms with E-state index >= 15 is 4.39 Å². The molecule has 4 aromatic rings. The number of hydrogen-bond acceptors (Lipinski definition) is 4. The van der Waals surface area contributed by atoms with Crippen LogP contribution in [-0.4, -0.2) is 25.7 Å². The molecule has 2 aromatic carbocycles. The van der Waals surface area contributed by atoms with Gasteiger partial charge in [-0.05, 0) is 54.7 Å². The number of aromatic amines is 1. The Balaban J connectivity index is 1.50. The molecule has 1 fully saturated rings. The van der Waals surface area contributed by atoms with E-state index in [0.29, 0.717) is 16.8 Å². The Morgan fingerprint density at radius 1 is 1.11 bits per heavy atom. The minimum absolute atomic E-state index is 0.107. The van der Waals surface area contributed by atoms with Crippen LogP contribution in [0.2, 0.25) is 0 Å². The maximum absolute atomic E-state index is 15.1. The van der Waals surface area contributed by atoms with Crippen LogP contribution in [0.15, 0.2) is 53.3 Å². The van der Waals surface area contributed by atoms with Crippen molar-refractivity contribution < 1.29 is 32.2 Å². The summed E-state index contributed by atoms with van der Waals surface area (Å²) in [5.41, 5.74) is -0.0566. The van der Waals surface area contributed by atoms with Gasteiger partial charge in [0.25, 0.3) is 5.56 Å². The van der Waals surface area contributed by atoms with E-state index in [9.17, 15) is 27.9 Å². The molecular weight excluding hydrogens is 506 g/mol. The summed E-state index contributed by atoms with van der Waals surface area (Å²) in [6.45, 7) is -0.274. The van der Waals surface area contributed by atoms with Crippen LogP contribution in [0.1, 0.15) is 65.2 Å². The van der Waals surface area contributed by atoms with E-state index in [1.165, 1.54) is 30.3 Å². The third kappa shape index (κ3) is 5.00. The van der Waals surface area contributed by atoms with Crippen molar-refractivity contribution in [3.63, 3.8) is 0 Å². The molecule has 198 valence electrons. The highest BCUT2D eigenvalue weighted by molar-refractivity contribution is 5.86. The summed E-state index contributed by atoms with van der Waals surface area (Å²) >= 11 is 0. The van der Waals surface area contributed by atoms with Gasteiger partial charge in [-0.2, -0.15) is 22.8 Å². The molecule has 1 saturated carbocycles. The number of halogens is 4. The first kappa shape index (κ1) is 25.5. The Morgan fingerprint density at radius 3 is 2.55 bits per heavy atom. The lowest BCUT2D eigenvalue weighted by molar-refractivity contribution is -0.137. The molecule has 0 radical (unpaired) electrons. The number of carbonyl (C=O) groups is 1. The molecule has 0 spiro atoms. The van der Waals surface area contributed by atoms with Crippen molar-refractivity contribution in [2.45, 2.75) is 50.8 Å². The van der Waals surface area contributed by atoms with E-state index in [4.69, 9.17) is 4.74 Å². The average Bonchev–Trinajstić information content (AvgIpc) is 3.33. The minimum atomic E-state index is -4.50. The number of carboxylic acid groups (broad SMARTS) is 1. The Bertz CT molecular complexity index is 1570. The van der Waals surface area contributed by atoms with Crippen LogP contribution in [0.3, 0.4) is 0 Å². The zero-order valence-corrected chi connectivity index (χ0v) is 20.0. The van der Waals surface area contributed by atoms with Crippen molar-refractivity contribution in [3.05, 3.63) is 87.1 Å². The number of fused-ring (bicyclic) bond motifs is 1. The fourth-order valence-corrected chi connectivity index (χ4v) is 4.92. The maximum Gasteiger partial charge on any atom is 0.416 e. The van der Waals surface area contributed by atoms with Crippen molar-refractivity contribution in [2.75, 3.05) is 0 Å². The summed E-state index contributed by atoms with van der Waals surface area (Å²) in [5, 5.41) is 13.2. The number of rotatable bonds is 6. The number of nitrogens with one attached hydrogen (secondary N) is 1. The molecule has 11 heteroatoms. The lowest BCUT2D eigenvalue weighted by Crippen LogP contribution is -2.25. The van der Waals surface area contributed by atoms with Crippen molar-refractivity contribution in [1.29, 1.82) is 0 Å². The molecule has 1 aliphatic rings. The molecule has 2 heterocycles. The maximum atomic E-state index is 15.1. The van der Waals surface area contributed by atoms with E-state index in [-0.39, 0.29) is 35.2 Å². The monoisotopic (exact) mass is 529 g/mol. The second-order valence-corrected chi connectivity index (χ2v) is 9.32. The largest absolute Gasteiger partial charge is 0.486 e. The van der Waals surface area contributed by atoms with Crippen molar-refractivity contribution in [2.24, 2.45) is 0 Å². The van der Waals surface area contributed by atoms with Crippen LogP contribution < -0.4 is 10.3 Å². The van der Waals surface area contributed by atoms with E-state index in [0.717, 1.165) is 48.8 Å². The van der Waals surface area contributed by atoms with E-state index in [2.05, 4.69) is 10.1 Å². The van der Waals surface area contributed by atoms with Gasteiger partial charge in [0.15, 0.2) is 17.3 Å². The van der Waals surface area contributed by atoms with Crippen LogP contribution in [0.4, 0.5) is 17.6 Å². The van der Waals surface area contributed by atoms with Crippen molar-refractivity contribution >= 4 is 11.6 Å². The number of carboxylic acids is 1. The summed E-state index contributed by atoms with van der Waals surface area (Å²) in [7, 11) is 0. The second-order valence-electron chi connectivity index (χ2n) is 9.32. The molecule has 2 aromatic heterocycles. The van der Waals surface area contributed by atoms with Gasteiger partial charge in [-0.15, -0.1) is 0 Å². The number of alkyl halides is 3. The molecule has 0 atom stereocenters. The zero-order valence-electron chi connectivity index (χ0n) is 20.0. The van der Waals surface area contributed by atoms with Crippen LogP contribution in [0.25, 0.3) is 16.9 Å². The number of aromatic nitrogens is 3. The first-order valence-corrected chi connectivity index (χ1v) is 12.1. The average molecular weight is 529 g/mol. The van der Waals surface area contributed by atoms with E-state index in [1.54, 1.807) is 6.07 Å². The molecule has 0 aliphatic heterocycles. The Morgan fingerprint density at radius 2 is 1.87 bits per heavy atom. The molecule has 38 heavy (non-hydrogen) atoms. The van der Waals surface area contributed by atoms with Crippen LogP contribution >= 0.6 is 0 Å². The lowest BCUT2D eigenvalue weighted by atomic mass is 9.83. The summed E-state index contributed by atoms with van der Waals surface area (Å²) in [6.07, 6.45) is -0.0821. The Kier molecular flexibility index (Phi) is 6.68. The first-order valence-electron chi connectivity index (χ1n) is 12.1. The molecule has 0 bridgehead atoms. The fourth-order valence-electron chi connectivity index (χ4n) is 4.92. The quantitative estimate of drug-likeness (QED) is 0.291. The highest BCUT2D eigenvalue weighted by Crippen LogP contribution is 2.37. The first-order chi connectivity index (χ1) is 18.1. The highest BCUT2D eigenvalue weighted by atomic mass is 19.4. The molecule has 0 amide bonds. The van der Waals surface area contributed by atoms with Gasteiger partial charge in [0, 0.05) is 17.2 Å². The smallest absolute Gasteiger partial charge is 0.416 e. The third-order valence-corrected chi connectivity index (χ3v) is 6.76. The summed E-state index contributed by atoms with van der Waals surface area (Å²) in [6, 6.07) is 9.92. The van der Waals surface area contributed by atoms with Crippen LogP contribution in [0.5, 0.6) is 5.75 Å². The molecule has 7 nitrogen and oxygen atoms in total. The zero-order chi connectivity index (χ0) is 27.0. The van der Waals surface area contributed by atoms with Gasteiger partial charge in [-0.25, -0.2) is 9.18 Å². The van der Waals surface area contributed by atoms with E-state index in [1.807, 2.05) is 0 Å². The summed E-state index contributed by atoms with van der Waals surface area (Å²) < 4.78 is 60.5. The van der Waals surface area contributed by atoms with Gasteiger partial charge in [-0.1, -0.05) is 31.4 Å². The van der Waals surface area contributed by atoms with Gasteiger partial charge in [0.05, 0.1) is 11.3 Å². The molecular formula is C27H23F4N3O4. The van der Waals surface area contributed by atoms with Crippen molar-refractivity contribution in [3.8, 4) is 17.0 Å². The van der Waals surface area contributed by atoms with Crippen LogP contribution in [-0.2, 0) is 12.8 Å². The lowest BCUT2D eigenvalue weighted by Gasteiger charge is -2.23. The minimum Gasteiger partial charge on any atom is -0.486 e. The standard InChI is InChI=1S/C27H23F4N3O4/c28-19-12-17(9-10-21(19)38-14-15-5-4-8-18(11-15)27(29,30)31)24-23(16-6-2-1-3-7-16)25(35)34-22(32-24)13-20(33-34)26(36)37/h4-5,8-13,16,32H,1-3,6-7,14H2,(H,36,37). The summed E-state index contributed by atoms with van der Waals surface area (Å²) in [5.74, 6) is -2.31. The molecule has 1 aliphatic carbocycles. The second kappa shape index (κ2) is 9.96. The topological polar surface area (TPSA) is 96.7 Å². The SMILES string of the molecule is O=C(O)c1cc2[nH]c(-c3ccc(OCc4cccc(C(F)(F)F)c4)c(F)c3)c(C3CCCCC3)c(=O)n2n1. The Labute approximate surface area is 213 Å². The third-order valence-electron chi connectivity index (χ3n) is 6.76. The fraction of sp³-hybridized carbons (Fsp3) is 0.296. The van der Waals surface area contributed by atoms with Crippen molar-refractivity contribution in [1.82, 2.24) is 14.6 Å². The van der Waals surface area contributed by atoms with Gasteiger partial charge < -0.3 is 14.8 Å². The number of aromatic carboxylic acids is 1. The molecule has 2 N–H and O–H groups in total. The predicted octanol–water partition coefficient (Wildman–Crippen LogP) is 6.17. The Hall–Kier alpha value is -4.15. The number of nitrogens with zero attached hydrogens (tertiary/aromatic N) is 2. The van der Waals surface area contributed by atoms with Gasteiger partial charge in [0.2, 0.25) is 0 Å². The number of hydrogen-bond donors (Lipinski definition) is 2. The van der Waals surface area contributed by atoms with Gasteiger partial charge in [-0.3, -0.25) is 4.79 Å².